The number of rotatable bonds is 15. The number of aliphatic hydroxyl groups is 2. The van der Waals surface area contributed by atoms with Crippen molar-refractivity contribution in [2.24, 2.45) is 29.1 Å². The van der Waals surface area contributed by atoms with Crippen LogP contribution in [0.1, 0.15) is 69.3 Å². The monoisotopic (exact) mass is 737 g/mol. The molecule has 2 aromatic rings. The number of fused-ring (bicyclic) bond motifs is 2. The molecule has 1 unspecified atom stereocenters. The quantitative estimate of drug-likeness (QED) is 0.172. The zero-order chi connectivity index (χ0) is 38.8. The second kappa shape index (κ2) is 16.7. The highest BCUT2D eigenvalue weighted by atomic mass is 16.7. The molecule has 53 heavy (non-hydrogen) atoms. The molecule has 2 bridgehead atoms. The van der Waals surface area contributed by atoms with Gasteiger partial charge in [0.2, 0.25) is 11.8 Å². The second-order valence-corrected chi connectivity index (χ2v) is 15.8. The predicted octanol–water partition coefficient (Wildman–Crippen LogP) is 3.32. The highest BCUT2D eigenvalue weighted by Gasteiger charge is 2.57. The lowest BCUT2D eigenvalue weighted by molar-refractivity contribution is -0.177. The van der Waals surface area contributed by atoms with E-state index >= 15 is 0 Å². The minimum absolute atomic E-state index is 0.00177. The Morgan fingerprint density at radius 3 is 2.45 bits per heavy atom. The first kappa shape index (κ1) is 40.4. The summed E-state index contributed by atoms with van der Waals surface area (Å²) >= 11 is 0. The molecule has 0 aromatic heterocycles. The Morgan fingerprint density at radius 2 is 1.85 bits per heavy atom. The van der Waals surface area contributed by atoms with E-state index in [1.54, 1.807) is 26.1 Å². The van der Waals surface area contributed by atoms with E-state index in [0.29, 0.717) is 29.1 Å². The Kier molecular flexibility index (Phi) is 12.8. The van der Waals surface area contributed by atoms with Gasteiger partial charge in [-0.25, -0.2) is 0 Å². The molecule has 1 aliphatic heterocycles. The number of hydrogen-bond donors (Lipinski definition) is 5. The third-order valence-corrected chi connectivity index (χ3v) is 12.1. The number of nitrogens with one attached hydrogen (secondary N) is 3. The van der Waals surface area contributed by atoms with Gasteiger partial charge in [-0.3, -0.25) is 19.2 Å². The Hall–Kier alpha value is -3.75. The van der Waals surface area contributed by atoms with Crippen molar-refractivity contribution in [1.29, 1.82) is 0 Å². The van der Waals surface area contributed by atoms with Gasteiger partial charge in [0.05, 0.1) is 19.8 Å². The summed E-state index contributed by atoms with van der Waals surface area (Å²) in [4.78, 5) is 48.4. The summed E-state index contributed by atoms with van der Waals surface area (Å²) in [7, 11) is 8.37. The van der Waals surface area contributed by atoms with E-state index in [2.05, 4.69) is 36.7 Å². The molecule has 5 N–H and O–H groups in total. The van der Waals surface area contributed by atoms with Crippen LogP contribution in [0.3, 0.4) is 0 Å². The van der Waals surface area contributed by atoms with Crippen molar-refractivity contribution < 1.29 is 38.9 Å². The van der Waals surface area contributed by atoms with Gasteiger partial charge in [-0.2, -0.15) is 5.06 Å². The fourth-order valence-corrected chi connectivity index (χ4v) is 8.82. The lowest BCUT2D eigenvalue weighted by Crippen LogP contribution is -2.62. The third kappa shape index (κ3) is 8.49. The normalized spacial score (nSPS) is 27.3. The number of methoxy groups -OCH3 is 2. The van der Waals surface area contributed by atoms with E-state index in [-0.39, 0.29) is 55.1 Å². The van der Waals surface area contributed by atoms with E-state index in [9.17, 15) is 24.6 Å². The Balaban J connectivity index is 1.46. The van der Waals surface area contributed by atoms with Crippen molar-refractivity contribution in [2.45, 2.75) is 90.5 Å². The average molecular weight is 738 g/mol. The summed E-state index contributed by atoms with van der Waals surface area (Å²) < 4.78 is 10.9. The average Bonchev–Trinajstić information content (AvgIpc) is 3.50. The van der Waals surface area contributed by atoms with E-state index in [1.807, 2.05) is 55.4 Å². The van der Waals surface area contributed by atoms with Crippen LogP contribution in [0.2, 0.25) is 0 Å². The van der Waals surface area contributed by atoms with Gasteiger partial charge in [0.15, 0.2) is 6.29 Å². The molecule has 3 saturated carbocycles. The molecule has 13 nitrogen and oxygen atoms in total. The van der Waals surface area contributed by atoms with Crippen LogP contribution < -0.4 is 25.6 Å². The van der Waals surface area contributed by atoms with Crippen molar-refractivity contribution in [2.75, 3.05) is 46.8 Å². The summed E-state index contributed by atoms with van der Waals surface area (Å²) in [5.74, 6) is 0.492. The molecule has 3 amide bonds. The summed E-state index contributed by atoms with van der Waals surface area (Å²) in [6, 6.07) is 10.5. The van der Waals surface area contributed by atoms with Gasteiger partial charge in [-0.1, -0.05) is 39.0 Å². The smallest absolute Gasteiger partial charge is 0.251 e. The lowest BCUT2D eigenvalue weighted by atomic mass is 9.45. The van der Waals surface area contributed by atoms with Crippen molar-refractivity contribution in [3.8, 4) is 16.9 Å². The zero-order valence-corrected chi connectivity index (χ0v) is 32.6. The largest absolute Gasteiger partial charge is 0.496 e. The van der Waals surface area contributed by atoms with Gasteiger partial charge < -0.3 is 40.5 Å². The molecule has 3 aliphatic carbocycles. The first-order chi connectivity index (χ1) is 25.1. The minimum Gasteiger partial charge on any atom is -0.496 e. The number of hydrogen-bond acceptors (Lipinski definition) is 10. The standard InChI is InChI=1S/C40H59N5O8/c1-22-30-18-27(40(30,3)4)19-31(22)43-39(50)36-35(23(2)46)32(20-42-33(47)13-14-34(48)51-8)53-45(36)21-24-11-10-12-29(37(24)52-9)25-15-26(38(49)41-5)17-28(16-25)44(6)7/h10-12,15-17,22-23,27,30-32,34-36,46,48H,13-14,18-21H2,1-9H3,(H,41,49)(H,42,47)(H,43,50)/t22-,23-,27+,30-,31-,32-,34?,35+,36-/m0/s1. The zero-order valence-electron chi connectivity index (χ0n) is 32.6. The second-order valence-electron chi connectivity index (χ2n) is 15.8. The highest BCUT2D eigenvalue weighted by molar-refractivity contribution is 5.97. The number of nitrogens with zero attached hydrogens (tertiary/aromatic N) is 2. The van der Waals surface area contributed by atoms with Crippen LogP contribution in [0.15, 0.2) is 36.4 Å². The van der Waals surface area contributed by atoms with Crippen molar-refractivity contribution in [1.82, 2.24) is 21.0 Å². The minimum atomic E-state index is -1.05. The van der Waals surface area contributed by atoms with Gasteiger partial charge in [0.25, 0.3) is 5.91 Å². The Morgan fingerprint density at radius 1 is 1.11 bits per heavy atom. The predicted molar refractivity (Wildman–Crippen MR) is 202 cm³/mol. The van der Waals surface area contributed by atoms with Crippen LogP contribution in [-0.2, 0) is 25.7 Å². The van der Waals surface area contributed by atoms with E-state index in [0.717, 1.165) is 28.8 Å². The molecule has 6 rings (SSSR count). The molecule has 4 aliphatic rings. The number of hydroxylamine groups is 2. The van der Waals surface area contributed by atoms with Gasteiger partial charge in [-0.05, 0) is 66.7 Å². The number of ether oxygens (including phenoxy) is 2. The molecule has 0 radical (unpaired) electrons. The van der Waals surface area contributed by atoms with Crippen LogP contribution >= 0.6 is 0 Å². The lowest BCUT2D eigenvalue weighted by Gasteiger charge is -2.62. The molecular formula is C40H59N5O8. The summed E-state index contributed by atoms with van der Waals surface area (Å²) in [6.45, 7) is 8.69. The Bertz CT molecular complexity index is 1630. The molecule has 2 aromatic carbocycles. The van der Waals surface area contributed by atoms with Crippen LogP contribution in [-0.4, -0.2) is 105 Å². The molecular weight excluding hydrogens is 678 g/mol. The fraction of sp³-hybridized carbons (Fsp3) is 0.625. The first-order valence-electron chi connectivity index (χ1n) is 18.7. The third-order valence-electron chi connectivity index (χ3n) is 12.1. The highest BCUT2D eigenvalue weighted by Crippen LogP contribution is 2.61. The maximum Gasteiger partial charge on any atom is 0.251 e. The number of benzene rings is 2. The summed E-state index contributed by atoms with van der Waals surface area (Å²) in [5, 5.41) is 31.5. The van der Waals surface area contributed by atoms with Gasteiger partial charge in [0.1, 0.15) is 17.9 Å². The van der Waals surface area contributed by atoms with E-state index in [1.165, 1.54) is 13.5 Å². The molecule has 1 saturated heterocycles. The number of amides is 3. The molecule has 0 spiro atoms. The van der Waals surface area contributed by atoms with Crippen LogP contribution in [0.4, 0.5) is 5.69 Å². The number of aliphatic hydroxyl groups excluding tert-OH is 2. The van der Waals surface area contributed by atoms with Gasteiger partial charge in [0, 0.05) is 82.0 Å². The number of carbonyl (C=O) groups is 3. The van der Waals surface area contributed by atoms with Crippen LogP contribution in [0.5, 0.6) is 5.75 Å². The SMILES string of the molecule is CNC(=O)c1cc(-c2cccc(CN3O[C@@H](CNC(=O)CCC(O)OC)[C@@H]([C@H](C)O)[C@H]3C(=O)N[C@H]3C[C@H]4C[C@@H]([C@@H]3C)C4(C)C)c2OC)cc(N(C)C)c1. The molecule has 292 valence electrons. The number of carbonyl (C=O) groups excluding carboxylic acids is 3. The van der Waals surface area contributed by atoms with Crippen LogP contribution in [0, 0.1) is 29.1 Å². The van der Waals surface area contributed by atoms with Crippen molar-refractivity contribution in [3.05, 3.63) is 47.5 Å². The molecule has 1 heterocycles. The van der Waals surface area contributed by atoms with E-state index < -0.39 is 30.5 Å². The van der Waals surface area contributed by atoms with Crippen molar-refractivity contribution in [3.63, 3.8) is 0 Å². The maximum absolute atomic E-state index is 14.5. The Labute approximate surface area is 313 Å². The number of anilines is 1. The van der Waals surface area contributed by atoms with Crippen molar-refractivity contribution >= 4 is 23.4 Å². The molecule has 4 fully saturated rings. The summed E-state index contributed by atoms with van der Waals surface area (Å²) in [5.41, 5.74) is 3.86. The first-order valence-corrected chi connectivity index (χ1v) is 18.7. The number of para-hydroxylation sites is 1. The molecule has 13 heteroatoms. The van der Waals surface area contributed by atoms with Crippen LogP contribution in [0.25, 0.3) is 11.1 Å². The maximum atomic E-state index is 14.5. The fourth-order valence-electron chi connectivity index (χ4n) is 8.82. The summed E-state index contributed by atoms with van der Waals surface area (Å²) in [6.07, 6.45) is -0.488. The topological polar surface area (TPSA) is 162 Å². The van der Waals surface area contributed by atoms with E-state index in [4.69, 9.17) is 14.3 Å². The van der Waals surface area contributed by atoms with Gasteiger partial charge >= 0.3 is 0 Å². The molecule has 9 atom stereocenters. The van der Waals surface area contributed by atoms with Gasteiger partial charge in [-0.15, -0.1) is 0 Å².